The lowest BCUT2D eigenvalue weighted by molar-refractivity contribution is 0.780. The highest BCUT2D eigenvalue weighted by Gasteiger charge is 2.06. The van der Waals surface area contributed by atoms with Crippen molar-refractivity contribution >= 4 is 17.4 Å². The second-order valence-electron chi connectivity index (χ2n) is 2.21. The summed E-state index contributed by atoms with van der Waals surface area (Å²) in [5, 5.41) is 11.5. The zero-order valence-electron chi connectivity index (χ0n) is 5.98. The molecule has 0 aromatic heterocycles. The predicted octanol–water partition coefficient (Wildman–Crippen LogP) is 1.99. The molecule has 0 saturated heterocycles. The van der Waals surface area contributed by atoms with Crippen molar-refractivity contribution in [2.75, 3.05) is 0 Å². The van der Waals surface area contributed by atoms with Gasteiger partial charge in [0.2, 0.25) is 5.84 Å². The number of benzene rings is 1. The van der Waals surface area contributed by atoms with Gasteiger partial charge in [-0.25, -0.2) is 0 Å². The van der Waals surface area contributed by atoms with Crippen molar-refractivity contribution in [3.63, 3.8) is 0 Å². The minimum absolute atomic E-state index is 0.520. The molecule has 59 valence electrons. The molecule has 0 bridgehead atoms. The molecule has 1 aliphatic heterocycles. The molecule has 0 aliphatic carbocycles. The van der Waals surface area contributed by atoms with Gasteiger partial charge in [0, 0.05) is 10.6 Å². The van der Waals surface area contributed by atoms with Gasteiger partial charge in [-0.1, -0.05) is 11.6 Å². The summed E-state index contributed by atoms with van der Waals surface area (Å²) in [6.45, 7) is 0. The van der Waals surface area contributed by atoms with Gasteiger partial charge in [0.1, 0.15) is 0 Å². The highest BCUT2D eigenvalue weighted by Crippen LogP contribution is 2.12. The summed E-state index contributed by atoms with van der Waals surface area (Å²) in [5.41, 5.74) is 4.24. The molecule has 0 spiro atoms. The Morgan fingerprint density at radius 2 is 1.83 bits per heavy atom. The van der Waals surface area contributed by atoms with E-state index in [0.717, 1.165) is 5.56 Å². The standard InChI is InChI=1S/C7H4ClN4/c8-6-3-1-5(2-4-6)7-9-11-12-10-7/h1-4H. The molecule has 2 rings (SSSR count). The van der Waals surface area contributed by atoms with Crippen molar-refractivity contribution in [3.05, 3.63) is 34.9 Å². The van der Waals surface area contributed by atoms with Crippen LogP contribution in [0.2, 0.25) is 5.02 Å². The molecule has 1 heterocycles. The van der Waals surface area contributed by atoms with Gasteiger partial charge >= 0.3 is 0 Å². The van der Waals surface area contributed by atoms with E-state index in [-0.39, 0.29) is 0 Å². The van der Waals surface area contributed by atoms with E-state index in [4.69, 9.17) is 11.6 Å². The Hall–Kier alpha value is -1.42. The van der Waals surface area contributed by atoms with Crippen LogP contribution in [-0.4, -0.2) is 5.84 Å². The molecule has 5 heteroatoms. The summed E-state index contributed by atoms with van der Waals surface area (Å²) < 4.78 is 0. The molecule has 1 radical (unpaired) electrons. The third kappa shape index (κ3) is 1.29. The van der Waals surface area contributed by atoms with E-state index in [9.17, 15) is 0 Å². The van der Waals surface area contributed by atoms with E-state index in [1.54, 1.807) is 12.1 Å². The lowest BCUT2D eigenvalue weighted by atomic mass is 10.2. The molecule has 4 nitrogen and oxygen atoms in total. The quantitative estimate of drug-likeness (QED) is 0.633. The summed E-state index contributed by atoms with van der Waals surface area (Å²) in [7, 11) is 0. The Morgan fingerprint density at radius 1 is 1.08 bits per heavy atom. The van der Waals surface area contributed by atoms with Crippen LogP contribution in [0.4, 0.5) is 0 Å². The second-order valence-corrected chi connectivity index (χ2v) is 2.65. The van der Waals surface area contributed by atoms with Crippen molar-refractivity contribution < 1.29 is 0 Å². The number of hydrogen-bond acceptors (Lipinski definition) is 3. The van der Waals surface area contributed by atoms with Crippen LogP contribution in [0.5, 0.6) is 0 Å². The van der Waals surface area contributed by atoms with Gasteiger partial charge in [-0.15, -0.1) is 10.2 Å². The summed E-state index contributed by atoms with van der Waals surface area (Å²) in [4.78, 5) is 0. The summed E-state index contributed by atoms with van der Waals surface area (Å²) in [5.74, 6) is 0.520. The zero-order valence-corrected chi connectivity index (χ0v) is 6.73. The molecule has 0 amide bonds. The predicted molar refractivity (Wildman–Crippen MR) is 45.0 cm³/mol. The topological polar surface area (TPSA) is 51.2 Å². The highest BCUT2D eigenvalue weighted by molar-refractivity contribution is 6.30. The molecule has 1 aromatic carbocycles. The van der Waals surface area contributed by atoms with Crippen LogP contribution in [0.3, 0.4) is 0 Å². The first kappa shape index (κ1) is 7.24. The van der Waals surface area contributed by atoms with Gasteiger partial charge in [0.25, 0.3) is 0 Å². The normalized spacial score (nSPS) is 14.2. The molecule has 1 aromatic rings. The molecular weight excluding hydrogens is 176 g/mol. The first-order chi connectivity index (χ1) is 5.86. The monoisotopic (exact) mass is 179 g/mol. The molecule has 12 heavy (non-hydrogen) atoms. The van der Waals surface area contributed by atoms with Crippen molar-refractivity contribution in [1.82, 2.24) is 5.53 Å². The Bertz CT molecular complexity index is 341. The maximum absolute atomic E-state index is 5.70. The molecular formula is C7H4ClN4. The Morgan fingerprint density at radius 3 is 2.42 bits per heavy atom. The number of halogens is 1. The van der Waals surface area contributed by atoms with E-state index >= 15 is 0 Å². The van der Waals surface area contributed by atoms with Gasteiger partial charge in [0.15, 0.2) is 0 Å². The lowest BCUT2D eigenvalue weighted by Gasteiger charge is -1.93. The van der Waals surface area contributed by atoms with E-state index in [1.807, 2.05) is 12.1 Å². The molecule has 0 N–H and O–H groups in total. The SMILES string of the molecule is Clc1ccc(C2=N[N]N=N2)cc1. The zero-order chi connectivity index (χ0) is 8.39. The summed E-state index contributed by atoms with van der Waals surface area (Å²) >= 11 is 5.70. The van der Waals surface area contributed by atoms with Gasteiger partial charge < -0.3 is 0 Å². The van der Waals surface area contributed by atoms with Crippen molar-refractivity contribution in [1.29, 1.82) is 0 Å². The lowest BCUT2D eigenvalue weighted by Crippen LogP contribution is -1.92. The second kappa shape index (κ2) is 2.91. The molecule has 0 unspecified atom stereocenters. The average molecular weight is 180 g/mol. The van der Waals surface area contributed by atoms with Crippen LogP contribution in [0.15, 0.2) is 39.7 Å². The van der Waals surface area contributed by atoms with Crippen LogP contribution < -0.4 is 5.53 Å². The Kier molecular flexibility index (Phi) is 1.75. The number of amidine groups is 1. The maximum Gasteiger partial charge on any atom is 0.207 e. The minimum Gasteiger partial charge on any atom is -0.106 e. The van der Waals surface area contributed by atoms with Crippen LogP contribution >= 0.6 is 11.6 Å². The minimum atomic E-state index is 0.520. The van der Waals surface area contributed by atoms with Gasteiger partial charge in [-0.3, -0.25) is 0 Å². The van der Waals surface area contributed by atoms with E-state index in [0.29, 0.717) is 10.9 Å². The van der Waals surface area contributed by atoms with E-state index in [2.05, 4.69) is 21.0 Å². The van der Waals surface area contributed by atoms with Crippen LogP contribution in [0.1, 0.15) is 5.56 Å². The number of rotatable bonds is 1. The van der Waals surface area contributed by atoms with Gasteiger partial charge in [-0.2, -0.15) is 0 Å². The molecule has 1 aliphatic rings. The third-order valence-electron chi connectivity index (χ3n) is 1.42. The van der Waals surface area contributed by atoms with Crippen molar-refractivity contribution in [2.24, 2.45) is 15.4 Å². The summed E-state index contributed by atoms with van der Waals surface area (Å²) in [6.07, 6.45) is 0. The first-order valence-corrected chi connectivity index (χ1v) is 3.69. The van der Waals surface area contributed by atoms with E-state index < -0.39 is 0 Å². The van der Waals surface area contributed by atoms with E-state index in [1.165, 1.54) is 0 Å². The van der Waals surface area contributed by atoms with Gasteiger partial charge in [0.05, 0.1) is 0 Å². The Balaban J connectivity index is 2.35. The highest BCUT2D eigenvalue weighted by atomic mass is 35.5. The fourth-order valence-corrected chi connectivity index (χ4v) is 0.985. The third-order valence-corrected chi connectivity index (χ3v) is 1.67. The first-order valence-electron chi connectivity index (χ1n) is 3.31. The smallest absolute Gasteiger partial charge is 0.106 e. The van der Waals surface area contributed by atoms with Crippen LogP contribution in [0, 0.1) is 0 Å². The van der Waals surface area contributed by atoms with Crippen LogP contribution in [-0.2, 0) is 0 Å². The number of nitrogens with zero attached hydrogens (tertiary/aromatic N) is 4. The fourth-order valence-electron chi connectivity index (χ4n) is 0.859. The van der Waals surface area contributed by atoms with Crippen LogP contribution in [0.25, 0.3) is 0 Å². The fraction of sp³-hybridized carbons (Fsp3) is 0. The van der Waals surface area contributed by atoms with Crippen molar-refractivity contribution in [2.45, 2.75) is 0 Å². The maximum atomic E-state index is 5.70. The average Bonchev–Trinajstić information content (AvgIpc) is 2.58. The number of hydrogen-bond donors (Lipinski definition) is 0. The summed E-state index contributed by atoms with van der Waals surface area (Å²) in [6, 6.07) is 7.18. The molecule has 0 saturated carbocycles. The molecule has 0 atom stereocenters. The molecule has 0 fully saturated rings. The largest absolute Gasteiger partial charge is 0.207 e. The Labute approximate surface area is 73.9 Å². The van der Waals surface area contributed by atoms with Crippen molar-refractivity contribution in [3.8, 4) is 0 Å². The van der Waals surface area contributed by atoms with Gasteiger partial charge in [-0.05, 0) is 35.0 Å².